The molecule has 0 radical (unpaired) electrons. The highest BCUT2D eigenvalue weighted by molar-refractivity contribution is 6.34. The highest BCUT2D eigenvalue weighted by atomic mass is 16.2. The van der Waals surface area contributed by atoms with Crippen molar-refractivity contribution in [3.8, 4) is 0 Å². The van der Waals surface area contributed by atoms with Crippen LogP contribution in [0.1, 0.15) is 27.3 Å². The van der Waals surface area contributed by atoms with E-state index in [0.717, 1.165) is 29.1 Å². The monoisotopic (exact) mass is 279 g/mol. The third kappa shape index (κ3) is 1.86. The number of carbonyl (C=O) groups excluding carboxylic acids is 2. The number of amides is 2. The second-order valence-corrected chi connectivity index (χ2v) is 5.18. The summed E-state index contributed by atoms with van der Waals surface area (Å²) in [6.45, 7) is 0.645. The lowest BCUT2D eigenvalue weighted by molar-refractivity contribution is -0.110. The Morgan fingerprint density at radius 2 is 1.90 bits per heavy atom. The molecule has 0 bridgehead atoms. The predicted octanol–water partition coefficient (Wildman–Crippen LogP) is 1.79. The van der Waals surface area contributed by atoms with Gasteiger partial charge in [-0.25, -0.2) is 0 Å². The van der Waals surface area contributed by atoms with E-state index in [0.29, 0.717) is 17.7 Å². The van der Waals surface area contributed by atoms with Crippen molar-refractivity contribution >= 4 is 29.2 Å². The standard InChI is InChI=1S/C16H13N3O2/c20-15-12-8-9(18-14(12)5-6-17-15)7-11-10-3-1-2-4-13(10)19-16(11)21/h1-4,7-8,18H,5-6H2,(H,17,20)(H,19,21)/b11-7-. The van der Waals surface area contributed by atoms with Gasteiger partial charge in [0.25, 0.3) is 11.8 Å². The Morgan fingerprint density at radius 1 is 1.05 bits per heavy atom. The van der Waals surface area contributed by atoms with E-state index in [1.807, 2.05) is 24.3 Å². The number of aromatic amines is 1. The van der Waals surface area contributed by atoms with Crippen LogP contribution in [-0.2, 0) is 11.2 Å². The predicted molar refractivity (Wildman–Crippen MR) is 79.8 cm³/mol. The number of fused-ring (bicyclic) bond motifs is 2. The van der Waals surface area contributed by atoms with Crippen LogP contribution in [0.2, 0.25) is 0 Å². The van der Waals surface area contributed by atoms with E-state index in [2.05, 4.69) is 15.6 Å². The van der Waals surface area contributed by atoms with Crippen LogP contribution in [-0.4, -0.2) is 23.3 Å². The Kier molecular flexibility index (Phi) is 2.47. The van der Waals surface area contributed by atoms with Crippen molar-refractivity contribution in [3.05, 3.63) is 52.8 Å². The van der Waals surface area contributed by atoms with Gasteiger partial charge in [-0.1, -0.05) is 18.2 Å². The number of para-hydroxylation sites is 1. The zero-order valence-corrected chi connectivity index (χ0v) is 11.2. The van der Waals surface area contributed by atoms with Crippen molar-refractivity contribution in [2.45, 2.75) is 6.42 Å². The maximum absolute atomic E-state index is 12.1. The molecule has 0 atom stereocenters. The molecule has 2 aliphatic rings. The van der Waals surface area contributed by atoms with Crippen LogP contribution >= 0.6 is 0 Å². The van der Waals surface area contributed by atoms with Crippen molar-refractivity contribution in [2.24, 2.45) is 0 Å². The second kappa shape index (κ2) is 4.34. The van der Waals surface area contributed by atoms with E-state index in [4.69, 9.17) is 0 Å². The summed E-state index contributed by atoms with van der Waals surface area (Å²) in [6, 6.07) is 9.38. The Hall–Kier alpha value is -2.82. The van der Waals surface area contributed by atoms with Gasteiger partial charge in [-0.3, -0.25) is 9.59 Å². The van der Waals surface area contributed by atoms with Gasteiger partial charge in [0.15, 0.2) is 0 Å². The Balaban J connectivity index is 1.79. The zero-order chi connectivity index (χ0) is 14.4. The van der Waals surface area contributed by atoms with Crippen LogP contribution in [0.15, 0.2) is 30.3 Å². The molecule has 2 amide bonds. The minimum Gasteiger partial charge on any atom is -0.358 e. The molecule has 3 heterocycles. The summed E-state index contributed by atoms with van der Waals surface area (Å²) >= 11 is 0. The van der Waals surface area contributed by atoms with Crippen LogP contribution < -0.4 is 10.6 Å². The number of H-pyrrole nitrogens is 1. The lowest BCUT2D eigenvalue weighted by atomic mass is 10.1. The van der Waals surface area contributed by atoms with Gasteiger partial charge in [0, 0.05) is 35.6 Å². The molecule has 5 heteroatoms. The smallest absolute Gasteiger partial charge is 0.256 e. The first-order valence-electron chi connectivity index (χ1n) is 6.85. The average molecular weight is 279 g/mol. The van der Waals surface area contributed by atoms with Gasteiger partial charge in [0.1, 0.15) is 0 Å². The molecular weight excluding hydrogens is 266 g/mol. The molecule has 0 aliphatic carbocycles. The topological polar surface area (TPSA) is 74.0 Å². The van der Waals surface area contributed by atoms with Crippen molar-refractivity contribution in [3.63, 3.8) is 0 Å². The quantitative estimate of drug-likeness (QED) is 0.696. The van der Waals surface area contributed by atoms with E-state index in [1.165, 1.54) is 0 Å². The fourth-order valence-electron chi connectivity index (χ4n) is 2.83. The number of hydrogen-bond acceptors (Lipinski definition) is 2. The normalized spacial score (nSPS) is 18.2. The van der Waals surface area contributed by atoms with E-state index in [-0.39, 0.29) is 11.8 Å². The second-order valence-electron chi connectivity index (χ2n) is 5.18. The minimum atomic E-state index is -0.117. The molecule has 0 spiro atoms. The zero-order valence-electron chi connectivity index (χ0n) is 11.2. The first-order valence-corrected chi connectivity index (χ1v) is 6.85. The molecule has 4 rings (SSSR count). The van der Waals surface area contributed by atoms with Crippen LogP contribution in [0.5, 0.6) is 0 Å². The van der Waals surface area contributed by atoms with Gasteiger partial charge in [0.2, 0.25) is 0 Å². The third-order valence-corrected chi connectivity index (χ3v) is 3.84. The molecule has 1 aromatic carbocycles. The molecule has 21 heavy (non-hydrogen) atoms. The number of hydrogen-bond donors (Lipinski definition) is 3. The number of anilines is 1. The van der Waals surface area contributed by atoms with Crippen molar-refractivity contribution in [1.82, 2.24) is 10.3 Å². The van der Waals surface area contributed by atoms with Crippen molar-refractivity contribution in [2.75, 3.05) is 11.9 Å². The maximum atomic E-state index is 12.1. The highest BCUT2D eigenvalue weighted by Gasteiger charge is 2.24. The number of aromatic nitrogens is 1. The molecule has 104 valence electrons. The molecule has 1 aromatic heterocycles. The largest absolute Gasteiger partial charge is 0.358 e. The van der Waals surface area contributed by atoms with E-state index >= 15 is 0 Å². The summed E-state index contributed by atoms with van der Waals surface area (Å²) in [5.41, 5.74) is 4.70. The first kappa shape index (κ1) is 12.0. The van der Waals surface area contributed by atoms with Gasteiger partial charge < -0.3 is 15.6 Å². The summed E-state index contributed by atoms with van der Waals surface area (Å²) in [6.07, 6.45) is 2.58. The fourth-order valence-corrected chi connectivity index (χ4v) is 2.83. The van der Waals surface area contributed by atoms with Crippen molar-refractivity contribution in [1.29, 1.82) is 0 Å². The highest BCUT2D eigenvalue weighted by Crippen LogP contribution is 2.32. The van der Waals surface area contributed by atoms with Crippen LogP contribution in [0, 0.1) is 0 Å². The maximum Gasteiger partial charge on any atom is 0.256 e. The molecule has 3 N–H and O–H groups in total. The van der Waals surface area contributed by atoms with Gasteiger partial charge in [-0.2, -0.15) is 0 Å². The number of rotatable bonds is 1. The Bertz CT molecular complexity index is 802. The molecule has 0 unspecified atom stereocenters. The van der Waals surface area contributed by atoms with E-state index < -0.39 is 0 Å². The molecule has 0 saturated carbocycles. The van der Waals surface area contributed by atoms with E-state index in [1.54, 1.807) is 12.1 Å². The van der Waals surface area contributed by atoms with Gasteiger partial charge >= 0.3 is 0 Å². The average Bonchev–Trinajstić information content (AvgIpc) is 3.02. The summed E-state index contributed by atoms with van der Waals surface area (Å²) in [5, 5.41) is 5.65. The fraction of sp³-hybridized carbons (Fsp3) is 0.125. The molecule has 2 aromatic rings. The van der Waals surface area contributed by atoms with Gasteiger partial charge in [-0.05, 0) is 18.2 Å². The third-order valence-electron chi connectivity index (χ3n) is 3.84. The lowest BCUT2D eigenvalue weighted by Crippen LogP contribution is -2.31. The summed E-state index contributed by atoms with van der Waals surface area (Å²) in [7, 11) is 0. The SMILES string of the molecule is O=C1Nc2ccccc2/C1=C/c1cc2c([nH]1)CCNC2=O. The molecule has 0 fully saturated rings. The minimum absolute atomic E-state index is 0.0616. The summed E-state index contributed by atoms with van der Waals surface area (Å²) < 4.78 is 0. The van der Waals surface area contributed by atoms with Gasteiger partial charge in [-0.15, -0.1) is 0 Å². The van der Waals surface area contributed by atoms with E-state index in [9.17, 15) is 9.59 Å². The van der Waals surface area contributed by atoms with Gasteiger partial charge in [0.05, 0.1) is 11.1 Å². The van der Waals surface area contributed by atoms with Crippen molar-refractivity contribution < 1.29 is 9.59 Å². The molecule has 2 aliphatic heterocycles. The molecule has 5 nitrogen and oxygen atoms in total. The lowest BCUT2D eigenvalue weighted by Gasteiger charge is -2.10. The number of benzene rings is 1. The molecular formula is C16H13N3O2. The summed E-state index contributed by atoms with van der Waals surface area (Å²) in [5.74, 6) is -0.179. The Labute approximate surface area is 121 Å². The number of carbonyl (C=O) groups is 2. The first-order chi connectivity index (χ1) is 10.2. The van der Waals surface area contributed by atoms with Crippen LogP contribution in [0.25, 0.3) is 11.6 Å². The summed E-state index contributed by atoms with van der Waals surface area (Å²) in [4.78, 5) is 27.1. The van der Waals surface area contributed by atoms with Crippen LogP contribution in [0.3, 0.4) is 0 Å². The Morgan fingerprint density at radius 3 is 2.76 bits per heavy atom. The van der Waals surface area contributed by atoms with Crippen LogP contribution in [0.4, 0.5) is 5.69 Å². The molecule has 0 saturated heterocycles. The number of nitrogens with one attached hydrogen (secondary N) is 3.